The third-order valence-electron chi connectivity index (χ3n) is 5.21. The molecule has 0 N–H and O–H groups in total. The Hall–Kier alpha value is -3.36. The van der Waals surface area contributed by atoms with Crippen LogP contribution in [0, 0.1) is 13.8 Å². The van der Waals surface area contributed by atoms with E-state index in [-0.39, 0.29) is 5.91 Å². The molecule has 4 aromatic rings. The minimum Gasteiger partial charge on any atom is -0.497 e. The Kier molecular flexibility index (Phi) is 5.78. The monoisotopic (exact) mass is 474 g/mol. The Labute approximate surface area is 200 Å². The predicted octanol–water partition coefficient (Wildman–Crippen LogP) is 5.70. The van der Waals surface area contributed by atoms with E-state index in [0.29, 0.717) is 16.6 Å². The molecule has 0 saturated heterocycles. The molecule has 0 radical (unpaired) electrons. The third-order valence-corrected chi connectivity index (χ3v) is 6.95. The van der Waals surface area contributed by atoms with Gasteiger partial charge in [-0.15, -0.1) is 11.3 Å². The molecule has 1 aliphatic rings. The van der Waals surface area contributed by atoms with Gasteiger partial charge in [-0.25, -0.2) is 9.98 Å². The second kappa shape index (κ2) is 8.88. The molecule has 0 saturated carbocycles. The molecule has 2 aromatic carbocycles. The maximum Gasteiger partial charge on any atom is 0.283 e. The number of amidine groups is 1. The number of thioether (sulfide) groups is 1. The molecule has 0 atom stereocenters. The smallest absolute Gasteiger partial charge is 0.283 e. The number of aliphatic imine (C=N–C) groups is 1. The molecule has 1 aliphatic heterocycles. The fraction of sp³-hybridized carbons (Fsp3) is 0.160. The van der Waals surface area contributed by atoms with Crippen molar-refractivity contribution in [1.82, 2.24) is 9.38 Å². The van der Waals surface area contributed by atoms with Crippen LogP contribution in [0.1, 0.15) is 22.4 Å². The van der Waals surface area contributed by atoms with Crippen LogP contribution in [0.4, 0.5) is 5.69 Å². The first kappa shape index (κ1) is 21.5. The van der Waals surface area contributed by atoms with E-state index in [4.69, 9.17) is 9.73 Å². The zero-order chi connectivity index (χ0) is 22.9. The highest BCUT2D eigenvalue weighted by Gasteiger charge is 2.32. The lowest BCUT2D eigenvalue weighted by Crippen LogP contribution is -2.30. The van der Waals surface area contributed by atoms with E-state index in [2.05, 4.69) is 11.1 Å². The van der Waals surface area contributed by atoms with Crippen LogP contribution >= 0.6 is 23.1 Å². The van der Waals surface area contributed by atoms with Gasteiger partial charge in [-0.2, -0.15) is 0 Å². The van der Waals surface area contributed by atoms with Gasteiger partial charge in [0, 0.05) is 23.5 Å². The number of aryl methyl sites for hydroxylation is 2. The molecule has 0 bridgehead atoms. The van der Waals surface area contributed by atoms with Crippen LogP contribution in [-0.4, -0.2) is 27.6 Å². The molecule has 0 spiro atoms. The van der Waals surface area contributed by atoms with E-state index in [1.165, 1.54) is 11.8 Å². The number of carbonyl (C=O) groups excluding carboxylic acids is 1. The van der Waals surface area contributed by atoms with Crippen molar-refractivity contribution >= 4 is 50.9 Å². The molecular formula is C25H22N4O2S2. The molecule has 166 valence electrons. The van der Waals surface area contributed by atoms with Gasteiger partial charge in [0.2, 0.25) is 0 Å². The summed E-state index contributed by atoms with van der Waals surface area (Å²) in [5.74, 6) is 1.26. The summed E-state index contributed by atoms with van der Waals surface area (Å²) in [4.78, 5) is 25.5. The maximum absolute atomic E-state index is 13.5. The van der Waals surface area contributed by atoms with E-state index < -0.39 is 0 Å². The van der Waals surface area contributed by atoms with Crippen molar-refractivity contribution < 1.29 is 9.53 Å². The Morgan fingerprint density at radius 2 is 1.88 bits per heavy atom. The molecule has 3 heterocycles. The van der Waals surface area contributed by atoms with Gasteiger partial charge in [0.05, 0.1) is 18.5 Å². The first-order valence-electron chi connectivity index (χ1n) is 10.4. The number of ether oxygens (including phenoxy) is 1. The first-order valence-corrected chi connectivity index (χ1v) is 12.3. The summed E-state index contributed by atoms with van der Waals surface area (Å²) in [6, 6.07) is 13.7. The van der Waals surface area contributed by atoms with Crippen molar-refractivity contribution in [3.8, 4) is 5.75 Å². The average Bonchev–Trinajstić information content (AvgIpc) is 3.46. The number of fused-ring (bicyclic) bond motifs is 1. The van der Waals surface area contributed by atoms with Crippen LogP contribution < -0.4 is 9.64 Å². The molecular weight excluding hydrogens is 452 g/mol. The number of anilines is 1. The number of nitrogens with zero attached hydrogens (tertiary/aromatic N) is 4. The van der Waals surface area contributed by atoms with Crippen LogP contribution in [0.3, 0.4) is 0 Å². The van der Waals surface area contributed by atoms with Gasteiger partial charge in [0.1, 0.15) is 11.4 Å². The molecule has 0 aliphatic carbocycles. The SMILES string of the molecule is COc1ccc(C=C2N=C(SCc3cn4ccsc4n3)N(c3cc(C)cc(C)c3)C2=O)cc1. The van der Waals surface area contributed by atoms with Crippen molar-refractivity contribution in [2.45, 2.75) is 19.6 Å². The lowest BCUT2D eigenvalue weighted by Gasteiger charge is -2.19. The number of rotatable bonds is 5. The average molecular weight is 475 g/mol. The molecule has 33 heavy (non-hydrogen) atoms. The lowest BCUT2D eigenvalue weighted by molar-refractivity contribution is -0.113. The fourth-order valence-electron chi connectivity index (χ4n) is 3.74. The predicted molar refractivity (Wildman–Crippen MR) is 136 cm³/mol. The summed E-state index contributed by atoms with van der Waals surface area (Å²) >= 11 is 3.12. The second-order valence-corrected chi connectivity index (χ2v) is 9.61. The van der Waals surface area contributed by atoms with E-state index in [1.54, 1.807) is 23.3 Å². The zero-order valence-corrected chi connectivity index (χ0v) is 20.1. The number of carbonyl (C=O) groups is 1. The highest BCUT2D eigenvalue weighted by molar-refractivity contribution is 8.13. The fourth-order valence-corrected chi connectivity index (χ4v) is 5.36. The van der Waals surface area contributed by atoms with Gasteiger partial charge in [-0.05, 0) is 60.9 Å². The highest BCUT2D eigenvalue weighted by atomic mass is 32.2. The van der Waals surface area contributed by atoms with Gasteiger partial charge in [0.25, 0.3) is 5.91 Å². The topological polar surface area (TPSA) is 59.2 Å². The normalized spacial score (nSPS) is 15.0. The van der Waals surface area contributed by atoms with Crippen molar-refractivity contribution in [2.75, 3.05) is 12.0 Å². The summed E-state index contributed by atoms with van der Waals surface area (Å²) < 4.78 is 7.24. The van der Waals surface area contributed by atoms with Gasteiger partial charge >= 0.3 is 0 Å². The van der Waals surface area contributed by atoms with Gasteiger partial charge in [-0.1, -0.05) is 30.0 Å². The molecule has 0 unspecified atom stereocenters. The number of hydrogen-bond donors (Lipinski definition) is 0. The molecule has 6 nitrogen and oxygen atoms in total. The van der Waals surface area contributed by atoms with Crippen molar-refractivity contribution in [1.29, 1.82) is 0 Å². The lowest BCUT2D eigenvalue weighted by atomic mass is 10.1. The molecule has 2 aromatic heterocycles. The minimum absolute atomic E-state index is 0.135. The summed E-state index contributed by atoms with van der Waals surface area (Å²) in [6.07, 6.45) is 5.83. The van der Waals surface area contributed by atoms with Gasteiger partial charge < -0.3 is 4.74 Å². The van der Waals surface area contributed by atoms with Gasteiger partial charge in [-0.3, -0.25) is 14.1 Å². The standard InChI is InChI=1S/C25H22N4O2S2/c1-16-10-17(2)12-20(11-16)29-23(30)22(13-18-4-6-21(31-3)7-5-18)27-25(29)33-15-19-14-28-8-9-32-24(28)26-19/h4-14H,15H2,1-3H3. The largest absolute Gasteiger partial charge is 0.497 e. The van der Waals surface area contributed by atoms with E-state index >= 15 is 0 Å². The Morgan fingerprint density at radius 1 is 1.12 bits per heavy atom. The minimum atomic E-state index is -0.135. The summed E-state index contributed by atoms with van der Waals surface area (Å²) in [7, 11) is 1.63. The van der Waals surface area contributed by atoms with E-state index in [0.717, 1.165) is 38.8 Å². The van der Waals surface area contributed by atoms with Crippen LogP contribution in [0.15, 0.2) is 70.9 Å². The number of benzene rings is 2. The van der Waals surface area contributed by atoms with Crippen molar-refractivity contribution in [2.24, 2.45) is 4.99 Å². The first-order chi connectivity index (χ1) is 16.0. The van der Waals surface area contributed by atoms with Gasteiger partial charge in [0.15, 0.2) is 10.1 Å². The maximum atomic E-state index is 13.5. The molecule has 5 rings (SSSR count). The Bertz CT molecular complexity index is 1350. The van der Waals surface area contributed by atoms with Crippen LogP contribution in [0.2, 0.25) is 0 Å². The van der Waals surface area contributed by atoms with Crippen LogP contribution in [0.5, 0.6) is 5.75 Å². The number of imidazole rings is 1. The number of methoxy groups -OCH3 is 1. The van der Waals surface area contributed by atoms with Crippen LogP contribution in [-0.2, 0) is 10.5 Å². The zero-order valence-electron chi connectivity index (χ0n) is 18.5. The Balaban J connectivity index is 1.48. The number of aromatic nitrogens is 2. The number of thiazole rings is 1. The van der Waals surface area contributed by atoms with E-state index in [1.807, 2.05) is 78.5 Å². The molecule has 0 fully saturated rings. The van der Waals surface area contributed by atoms with E-state index in [9.17, 15) is 4.79 Å². The van der Waals surface area contributed by atoms with Crippen LogP contribution in [0.25, 0.3) is 11.0 Å². The highest BCUT2D eigenvalue weighted by Crippen LogP contribution is 2.32. The third kappa shape index (κ3) is 4.44. The molecule has 8 heteroatoms. The summed E-state index contributed by atoms with van der Waals surface area (Å²) in [6.45, 7) is 4.07. The summed E-state index contributed by atoms with van der Waals surface area (Å²) in [5.41, 5.74) is 5.28. The quantitative estimate of drug-likeness (QED) is 0.348. The number of hydrogen-bond acceptors (Lipinski definition) is 6. The van der Waals surface area contributed by atoms with Crippen molar-refractivity contribution in [3.05, 3.63) is 88.3 Å². The van der Waals surface area contributed by atoms with Crippen molar-refractivity contribution in [3.63, 3.8) is 0 Å². The second-order valence-electron chi connectivity index (χ2n) is 7.80. The summed E-state index contributed by atoms with van der Waals surface area (Å²) in [5, 5.41) is 2.66. The Morgan fingerprint density at radius 3 is 2.58 bits per heavy atom. The molecule has 1 amide bonds. The number of amides is 1.